The minimum absolute atomic E-state index is 0.587. The molecule has 2 rings (SSSR count). The summed E-state index contributed by atoms with van der Waals surface area (Å²) in [5, 5.41) is 3.55. The molecule has 1 aliphatic carbocycles. The molecule has 4 atom stereocenters. The lowest BCUT2D eigenvalue weighted by atomic mass is 9.75. The van der Waals surface area contributed by atoms with E-state index in [4.69, 9.17) is 4.74 Å². The average molecular weight is 253 g/mol. The molecule has 4 unspecified atom stereocenters. The van der Waals surface area contributed by atoms with E-state index < -0.39 is 0 Å². The first-order valence-corrected chi connectivity index (χ1v) is 8.12. The molecule has 1 aliphatic heterocycles. The van der Waals surface area contributed by atoms with Crippen molar-refractivity contribution < 1.29 is 4.74 Å². The van der Waals surface area contributed by atoms with Gasteiger partial charge in [-0.15, -0.1) is 0 Å². The molecule has 1 saturated carbocycles. The quantitative estimate of drug-likeness (QED) is 0.778. The molecule has 1 saturated heterocycles. The number of rotatable bonds is 6. The summed E-state index contributed by atoms with van der Waals surface area (Å²) in [6.45, 7) is 3.36. The van der Waals surface area contributed by atoms with Crippen LogP contribution in [0.2, 0.25) is 0 Å². The molecule has 0 aromatic rings. The van der Waals surface area contributed by atoms with E-state index in [1.165, 1.54) is 57.8 Å². The number of hydrogen-bond acceptors (Lipinski definition) is 2. The Balaban J connectivity index is 1.70. The van der Waals surface area contributed by atoms with Gasteiger partial charge in [0.15, 0.2) is 0 Å². The van der Waals surface area contributed by atoms with E-state index in [9.17, 15) is 0 Å². The summed E-state index contributed by atoms with van der Waals surface area (Å²) in [5.74, 6) is 1.90. The Morgan fingerprint density at radius 3 is 2.72 bits per heavy atom. The fraction of sp³-hybridized carbons (Fsp3) is 1.00. The summed E-state index contributed by atoms with van der Waals surface area (Å²) >= 11 is 0. The van der Waals surface area contributed by atoms with E-state index in [0.717, 1.165) is 24.5 Å². The smallest absolute Gasteiger partial charge is 0.0576 e. The Hall–Kier alpha value is -0.0800. The van der Waals surface area contributed by atoms with Crippen molar-refractivity contribution in [1.29, 1.82) is 0 Å². The van der Waals surface area contributed by atoms with Gasteiger partial charge in [0.25, 0.3) is 0 Å². The molecule has 2 fully saturated rings. The largest absolute Gasteiger partial charge is 0.378 e. The van der Waals surface area contributed by atoms with Gasteiger partial charge in [-0.2, -0.15) is 0 Å². The zero-order valence-corrected chi connectivity index (χ0v) is 12.3. The SMILES string of the molecule is CCC1CCC(NC)C(CCCC2CCCO2)C1. The maximum Gasteiger partial charge on any atom is 0.0576 e. The lowest BCUT2D eigenvalue weighted by molar-refractivity contribution is 0.0976. The lowest BCUT2D eigenvalue weighted by Crippen LogP contribution is -2.38. The van der Waals surface area contributed by atoms with Crippen molar-refractivity contribution in [3.8, 4) is 0 Å². The highest BCUT2D eigenvalue weighted by molar-refractivity contribution is 4.84. The molecule has 2 heteroatoms. The molecule has 1 N–H and O–H groups in total. The van der Waals surface area contributed by atoms with Gasteiger partial charge in [0.2, 0.25) is 0 Å². The molecular weight excluding hydrogens is 222 g/mol. The van der Waals surface area contributed by atoms with Crippen LogP contribution in [0.3, 0.4) is 0 Å². The first kappa shape index (κ1) is 14.3. The number of nitrogens with one attached hydrogen (secondary N) is 1. The van der Waals surface area contributed by atoms with Crippen LogP contribution in [0.1, 0.15) is 64.7 Å². The van der Waals surface area contributed by atoms with Crippen molar-refractivity contribution in [3.63, 3.8) is 0 Å². The molecule has 2 aliphatic rings. The molecule has 0 aromatic carbocycles. The molecular formula is C16H31NO. The van der Waals surface area contributed by atoms with Gasteiger partial charge in [0, 0.05) is 12.6 Å². The van der Waals surface area contributed by atoms with Crippen LogP contribution >= 0.6 is 0 Å². The second kappa shape index (κ2) is 7.49. The predicted octanol–water partition coefficient (Wildman–Crippen LogP) is 3.75. The normalized spacial score (nSPS) is 37.0. The minimum atomic E-state index is 0.587. The van der Waals surface area contributed by atoms with Crippen LogP contribution in [0.4, 0.5) is 0 Å². The second-order valence-electron chi connectivity index (χ2n) is 6.31. The molecule has 0 amide bonds. The highest BCUT2D eigenvalue weighted by Crippen LogP contribution is 2.34. The van der Waals surface area contributed by atoms with E-state index >= 15 is 0 Å². The summed E-state index contributed by atoms with van der Waals surface area (Å²) in [5.41, 5.74) is 0. The van der Waals surface area contributed by atoms with Gasteiger partial charge >= 0.3 is 0 Å². The molecule has 1 heterocycles. The molecule has 18 heavy (non-hydrogen) atoms. The van der Waals surface area contributed by atoms with Gasteiger partial charge in [-0.1, -0.05) is 19.8 Å². The van der Waals surface area contributed by atoms with E-state index in [0.29, 0.717) is 6.10 Å². The summed E-state index contributed by atoms with van der Waals surface area (Å²) in [4.78, 5) is 0. The fourth-order valence-corrected chi connectivity index (χ4v) is 3.91. The molecule has 0 radical (unpaired) electrons. The highest BCUT2D eigenvalue weighted by atomic mass is 16.5. The van der Waals surface area contributed by atoms with Gasteiger partial charge in [-0.3, -0.25) is 0 Å². The zero-order chi connectivity index (χ0) is 12.8. The van der Waals surface area contributed by atoms with Crippen molar-refractivity contribution in [2.24, 2.45) is 11.8 Å². The van der Waals surface area contributed by atoms with E-state index in [-0.39, 0.29) is 0 Å². The Labute approximate surface area is 113 Å². The summed E-state index contributed by atoms with van der Waals surface area (Å²) < 4.78 is 5.72. The fourth-order valence-electron chi connectivity index (χ4n) is 3.91. The Bertz CT molecular complexity index is 225. The molecule has 0 aromatic heterocycles. The lowest BCUT2D eigenvalue weighted by Gasteiger charge is -2.36. The maximum absolute atomic E-state index is 5.72. The van der Waals surface area contributed by atoms with E-state index in [1.54, 1.807) is 0 Å². The third kappa shape index (κ3) is 3.96. The Kier molecular flexibility index (Phi) is 5.97. The van der Waals surface area contributed by atoms with Crippen LogP contribution in [0.25, 0.3) is 0 Å². The van der Waals surface area contributed by atoms with Crippen LogP contribution in [-0.2, 0) is 4.74 Å². The third-order valence-corrected chi connectivity index (χ3v) is 5.16. The van der Waals surface area contributed by atoms with Crippen molar-refractivity contribution in [2.75, 3.05) is 13.7 Å². The third-order valence-electron chi connectivity index (χ3n) is 5.16. The molecule has 2 nitrogen and oxygen atoms in total. The minimum Gasteiger partial charge on any atom is -0.378 e. The van der Waals surface area contributed by atoms with Crippen LogP contribution in [0.5, 0.6) is 0 Å². The van der Waals surface area contributed by atoms with Crippen LogP contribution in [0.15, 0.2) is 0 Å². The summed E-state index contributed by atoms with van der Waals surface area (Å²) in [7, 11) is 2.14. The monoisotopic (exact) mass is 253 g/mol. The number of hydrogen-bond donors (Lipinski definition) is 1. The average Bonchev–Trinajstić information content (AvgIpc) is 2.92. The zero-order valence-electron chi connectivity index (χ0n) is 12.3. The van der Waals surface area contributed by atoms with Crippen LogP contribution < -0.4 is 5.32 Å². The molecule has 106 valence electrons. The molecule has 0 spiro atoms. The van der Waals surface area contributed by atoms with E-state index in [2.05, 4.69) is 19.3 Å². The first-order chi connectivity index (χ1) is 8.83. The summed E-state index contributed by atoms with van der Waals surface area (Å²) in [6.07, 6.45) is 12.9. The van der Waals surface area contributed by atoms with Crippen molar-refractivity contribution in [2.45, 2.75) is 76.9 Å². The van der Waals surface area contributed by atoms with Crippen LogP contribution in [0, 0.1) is 11.8 Å². The van der Waals surface area contributed by atoms with Gasteiger partial charge < -0.3 is 10.1 Å². The highest BCUT2D eigenvalue weighted by Gasteiger charge is 2.28. The van der Waals surface area contributed by atoms with Gasteiger partial charge in [-0.25, -0.2) is 0 Å². The first-order valence-electron chi connectivity index (χ1n) is 8.12. The van der Waals surface area contributed by atoms with Crippen molar-refractivity contribution in [1.82, 2.24) is 5.32 Å². The molecule has 0 bridgehead atoms. The van der Waals surface area contributed by atoms with Crippen molar-refractivity contribution in [3.05, 3.63) is 0 Å². The van der Waals surface area contributed by atoms with Gasteiger partial charge in [-0.05, 0) is 63.8 Å². The van der Waals surface area contributed by atoms with Crippen LogP contribution in [-0.4, -0.2) is 25.8 Å². The summed E-state index contributed by atoms with van der Waals surface area (Å²) in [6, 6.07) is 0.775. The standard InChI is InChI=1S/C16H31NO/c1-3-13-9-10-16(17-2)14(12-13)6-4-7-15-8-5-11-18-15/h13-17H,3-12H2,1-2H3. The van der Waals surface area contributed by atoms with Crippen molar-refractivity contribution >= 4 is 0 Å². The van der Waals surface area contributed by atoms with Gasteiger partial charge in [0.05, 0.1) is 6.10 Å². The van der Waals surface area contributed by atoms with Gasteiger partial charge in [0.1, 0.15) is 0 Å². The number of ether oxygens (including phenoxy) is 1. The second-order valence-corrected chi connectivity index (χ2v) is 6.31. The van der Waals surface area contributed by atoms with E-state index in [1.807, 2.05) is 0 Å². The predicted molar refractivity (Wildman–Crippen MR) is 76.8 cm³/mol. The topological polar surface area (TPSA) is 21.3 Å². The Morgan fingerprint density at radius 2 is 2.06 bits per heavy atom. The maximum atomic E-state index is 5.72. The Morgan fingerprint density at radius 1 is 1.17 bits per heavy atom.